The molecule has 2 heteroatoms. The van der Waals surface area contributed by atoms with Gasteiger partial charge in [0.1, 0.15) is 0 Å². The summed E-state index contributed by atoms with van der Waals surface area (Å²) in [6.07, 6.45) is 8.41. The van der Waals surface area contributed by atoms with E-state index in [4.69, 9.17) is 0 Å². The summed E-state index contributed by atoms with van der Waals surface area (Å²) in [6, 6.07) is 9.58. The lowest BCUT2D eigenvalue weighted by Gasteiger charge is -2.16. The zero-order valence-electron chi connectivity index (χ0n) is 9.71. The van der Waals surface area contributed by atoms with Crippen molar-refractivity contribution in [3.8, 4) is 0 Å². The van der Waals surface area contributed by atoms with E-state index < -0.39 is 0 Å². The highest BCUT2D eigenvalue weighted by molar-refractivity contribution is 14.1. The van der Waals surface area contributed by atoms with Crippen LogP contribution >= 0.6 is 22.6 Å². The lowest BCUT2D eigenvalue weighted by Crippen LogP contribution is -2.27. The lowest BCUT2D eigenvalue weighted by molar-refractivity contribution is 0.459. The molecule has 16 heavy (non-hydrogen) atoms. The van der Waals surface area contributed by atoms with Crippen LogP contribution in [0.5, 0.6) is 0 Å². The second-order valence-corrected chi connectivity index (χ2v) is 5.94. The number of hydrogen-bond donors (Lipinski definition) is 1. The first-order valence-corrected chi connectivity index (χ1v) is 7.40. The Morgan fingerprint density at radius 2 is 1.62 bits per heavy atom. The van der Waals surface area contributed by atoms with Gasteiger partial charge in [-0.2, -0.15) is 0 Å². The van der Waals surface area contributed by atoms with Gasteiger partial charge in [-0.15, -0.1) is 0 Å². The average Bonchev–Trinajstić information content (AvgIpc) is 2.57. The zero-order chi connectivity index (χ0) is 11.2. The Hall–Kier alpha value is -0.0900. The van der Waals surface area contributed by atoms with E-state index in [0.29, 0.717) is 0 Å². The summed E-state index contributed by atoms with van der Waals surface area (Å²) in [6.45, 7) is 1.03. The van der Waals surface area contributed by atoms with Crippen LogP contribution in [0, 0.1) is 3.57 Å². The van der Waals surface area contributed by atoms with Gasteiger partial charge in [0.25, 0.3) is 0 Å². The Balaban J connectivity index is 1.79. The molecule has 0 aromatic heterocycles. The zero-order valence-corrected chi connectivity index (χ0v) is 11.9. The van der Waals surface area contributed by atoms with Crippen LogP contribution in [0.4, 0.5) is 0 Å². The third-order valence-corrected chi connectivity index (χ3v) is 4.08. The molecule has 0 radical (unpaired) electrons. The minimum Gasteiger partial charge on any atom is -0.310 e. The summed E-state index contributed by atoms with van der Waals surface area (Å²) in [4.78, 5) is 0. The summed E-state index contributed by atoms with van der Waals surface area (Å²) in [5.41, 5.74) is 1.41. The molecule has 88 valence electrons. The van der Waals surface area contributed by atoms with Crippen LogP contribution in [0.1, 0.15) is 44.1 Å². The molecule has 2 rings (SSSR count). The van der Waals surface area contributed by atoms with Crippen molar-refractivity contribution in [1.82, 2.24) is 5.32 Å². The van der Waals surface area contributed by atoms with Crippen LogP contribution in [0.25, 0.3) is 0 Å². The molecule has 0 unspecified atom stereocenters. The number of halogens is 1. The summed E-state index contributed by atoms with van der Waals surface area (Å²) in [7, 11) is 0. The van der Waals surface area contributed by atoms with Crippen LogP contribution in [-0.2, 0) is 6.54 Å². The molecular formula is C14H20IN. The molecule has 0 bridgehead atoms. The SMILES string of the molecule is Ic1ccc(CNC2CCCCCC2)cc1. The number of rotatable bonds is 3. The van der Waals surface area contributed by atoms with E-state index in [2.05, 4.69) is 52.2 Å². The normalized spacial score (nSPS) is 18.3. The van der Waals surface area contributed by atoms with Gasteiger partial charge < -0.3 is 5.32 Å². The monoisotopic (exact) mass is 329 g/mol. The highest BCUT2D eigenvalue weighted by Crippen LogP contribution is 2.17. The Kier molecular flexibility index (Phi) is 5.10. The quantitative estimate of drug-likeness (QED) is 0.650. The topological polar surface area (TPSA) is 12.0 Å². The van der Waals surface area contributed by atoms with Crippen LogP contribution in [0.3, 0.4) is 0 Å². The van der Waals surface area contributed by atoms with Gasteiger partial charge in [0.05, 0.1) is 0 Å². The maximum atomic E-state index is 3.69. The van der Waals surface area contributed by atoms with Gasteiger partial charge in [0.2, 0.25) is 0 Å². The Morgan fingerprint density at radius 1 is 1.00 bits per heavy atom. The average molecular weight is 329 g/mol. The first-order valence-electron chi connectivity index (χ1n) is 6.32. The molecule has 0 aliphatic heterocycles. The maximum absolute atomic E-state index is 3.69. The predicted molar refractivity (Wildman–Crippen MR) is 77.5 cm³/mol. The van der Waals surface area contributed by atoms with Crippen molar-refractivity contribution in [2.75, 3.05) is 0 Å². The van der Waals surface area contributed by atoms with Crippen molar-refractivity contribution < 1.29 is 0 Å². The van der Waals surface area contributed by atoms with Gasteiger partial charge in [0, 0.05) is 16.2 Å². The summed E-state index contributed by atoms with van der Waals surface area (Å²) >= 11 is 2.35. The molecule has 0 saturated heterocycles. The molecule has 0 heterocycles. The molecule has 1 nitrogen and oxygen atoms in total. The summed E-state index contributed by atoms with van der Waals surface area (Å²) in [5, 5.41) is 3.69. The van der Waals surface area contributed by atoms with Gasteiger partial charge in [-0.3, -0.25) is 0 Å². The van der Waals surface area contributed by atoms with Crippen molar-refractivity contribution in [3.63, 3.8) is 0 Å². The Labute approximate surface area is 112 Å². The van der Waals surface area contributed by atoms with Crippen molar-refractivity contribution in [1.29, 1.82) is 0 Å². The Morgan fingerprint density at radius 3 is 2.25 bits per heavy atom. The van der Waals surface area contributed by atoms with Gasteiger partial charge in [-0.25, -0.2) is 0 Å². The highest BCUT2D eigenvalue weighted by atomic mass is 127. The molecule has 0 amide bonds. The molecule has 1 fully saturated rings. The standard InChI is InChI=1S/C14H20IN/c15-13-9-7-12(8-10-13)11-16-14-5-3-1-2-4-6-14/h7-10,14,16H,1-6,11H2. The minimum atomic E-state index is 0.752. The van der Waals surface area contributed by atoms with Gasteiger partial charge in [0.15, 0.2) is 0 Å². The summed E-state index contributed by atoms with van der Waals surface area (Å²) in [5.74, 6) is 0. The first-order chi connectivity index (χ1) is 7.84. The third kappa shape index (κ3) is 4.06. The van der Waals surface area contributed by atoms with E-state index in [1.54, 1.807) is 0 Å². The largest absolute Gasteiger partial charge is 0.310 e. The molecule has 0 spiro atoms. The number of hydrogen-bond acceptors (Lipinski definition) is 1. The molecule has 1 saturated carbocycles. The molecule has 1 aromatic rings. The van der Waals surface area contributed by atoms with Crippen LogP contribution in [0.15, 0.2) is 24.3 Å². The molecule has 1 aromatic carbocycles. The highest BCUT2D eigenvalue weighted by Gasteiger charge is 2.10. The van der Waals surface area contributed by atoms with Gasteiger partial charge in [-0.05, 0) is 53.1 Å². The van der Waals surface area contributed by atoms with Crippen LogP contribution in [0.2, 0.25) is 0 Å². The van der Waals surface area contributed by atoms with E-state index >= 15 is 0 Å². The second-order valence-electron chi connectivity index (χ2n) is 4.70. The van der Waals surface area contributed by atoms with Gasteiger partial charge in [-0.1, -0.05) is 37.8 Å². The summed E-state index contributed by atoms with van der Waals surface area (Å²) < 4.78 is 1.32. The Bertz CT molecular complexity index is 299. The van der Waals surface area contributed by atoms with Crippen molar-refractivity contribution in [2.45, 2.75) is 51.1 Å². The van der Waals surface area contributed by atoms with Gasteiger partial charge >= 0.3 is 0 Å². The molecule has 0 atom stereocenters. The fourth-order valence-electron chi connectivity index (χ4n) is 2.35. The van der Waals surface area contributed by atoms with E-state index in [1.807, 2.05) is 0 Å². The van der Waals surface area contributed by atoms with E-state index in [0.717, 1.165) is 12.6 Å². The van der Waals surface area contributed by atoms with Crippen LogP contribution < -0.4 is 5.32 Å². The predicted octanol–water partition coefficient (Wildman–Crippen LogP) is 4.10. The fourth-order valence-corrected chi connectivity index (χ4v) is 2.71. The molecule has 1 aliphatic rings. The van der Waals surface area contributed by atoms with Crippen LogP contribution in [-0.4, -0.2) is 6.04 Å². The fraction of sp³-hybridized carbons (Fsp3) is 0.571. The first kappa shape index (κ1) is 12.4. The minimum absolute atomic E-state index is 0.752. The van der Waals surface area contributed by atoms with E-state index in [1.165, 1.54) is 47.7 Å². The number of nitrogens with one attached hydrogen (secondary N) is 1. The van der Waals surface area contributed by atoms with Crippen molar-refractivity contribution in [3.05, 3.63) is 33.4 Å². The maximum Gasteiger partial charge on any atom is 0.0208 e. The van der Waals surface area contributed by atoms with E-state index in [-0.39, 0.29) is 0 Å². The van der Waals surface area contributed by atoms with Crippen molar-refractivity contribution >= 4 is 22.6 Å². The van der Waals surface area contributed by atoms with Crippen molar-refractivity contribution in [2.24, 2.45) is 0 Å². The molecule has 1 N–H and O–H groups in total. The lowest BCUT2D eigenvalue weighted by atomic mass is 10.1. The smallest absolute Gasteiger partial charge is 0.0208 e. The third-order valence-electron chi connectivity index (χ3n) is 3.36. The second kappa shape index (κ2) is 6.60. The number of benzene rings is 1. The van der Waals surface area contributed by atoms with E-state index in [9.17, 15) is 0 Å². The molecule has 1 aliphatic carbocycles. The molecular weight excluding hydrogens is 309 g/mol.